The van der Waals surface area contributed by atoms with Gasteiger partial charge in [-0.05, 0) is 25.1 Å². The number of oxazole rings is 1. The Balaban J connectivity index is 2.17. The predicted octanol–water partition coefficient (Wildman–Crippen LogP) is 1.53. The van der Waals surface area contributed by atoms with Gasteiger partial charge in [-0.25, -0.2) is 4.98 Å². The van der Waals surface area contributed by atoms with E-state index in [1.54, 1.807) is 11.9 Å². The quantitative estimate of drug-likeness (QED) is 0.869. The van der Waals surface area contributed by atoms with Crippen LogP contribution in [0.1, 0.15) is 12.8 Å². The van der Waals surface area contributed by atoms with Crippen molar-refractivity contribution in [3.8, 4) is 0 Å². The lowest BCUT2D eigenvalue weighted by molar-refractivity contribution is -0.118. The Morgan fingerprint density at radius 2 is 2.35 bits per heavy atom. The van der Waals surface area contributed by atoms with E-state index in [2.05, 4.69) is 4.98 Å². The van der Waals surface area contributed by atoms with Crippen LogP contribution in [0.15, 0.2) is 29.0 Å². The molecule has 2 rings (SSSR count). The van der Waals surface area contributed by atoms with E-state index < -0.39 is 0 Å². The Morgan fingerprint density at radius 1 is 1.53 bits per heavy atom. The van der Waals surface area contributed by atoms with Gasteiger partial charge < -0.3 is 15.1 Å². The minimum absolute atomic E-state index is 0.0503. The minimum atomic E-state index is 0.0503. The fourth-order valence-electron chi connectivity index (χ4n) is 1.62. The number of hydrogen-bond acceptors (Lipinski definition) is 4. The molecule has 90 valence electrons. The SMILES string of the molecule is CN(C(=O)CCCN)c1ccc2ncoc2c1. The molecule has 1 aromatic heterocycles. The second-order valence-corrected chi connectivity index (χ2v) is 3.85. The van der Waals surface area contributed by atoms with Gasteiger partial charge in [-0.1, -0.05) is 0 Å². The van der Waals surface area contributed by atoms with Crippen LogP contribution in [0.3, 0.4) is 0 Å². The van der Waals surface area contributed by atoms with Crippen LogP contribution < -0.4 is 10.6 Å². The average Bonchev–Trinajstić information content (AvgIpc) is 2.81. The number of carbonyl (C=O) groups is 1. The van der Waals surface area contributed by atoms with Crippen LogP contribution in [0.25, 0.3) is 11.1 Å². The maximum Gasteiger partial charge on any atom is 0.226 e. The lowest BCUT2D eigenvalue weighted by atomic mass is 10.2. The summed E-state index contributed by atoms with van der Waals surface area (Å²) in [6.45, 7) is 0.528. The largest absolute Gasteiger partial charge is 0.443 e. The number of hydrogen-bond donors (Lipinski definition) is 1. The third kappa shape index (κ3) is 2.45. The van der Waals surface area contributed by atoms with E-state index in [9.17, 15) is 4.79 Å². The average molecular weight is 233 g/mol. The maximum atomic E-state index is 11.8. The Labute approximate surface area is 99.2 Å². The van der Waals surface area contributed by atoms with Crippen LogP contribution in [-0.4, -0.2) is 24.5 Å². The van der Waals surface area contributed by atoms with Crippen LogP contribution >= 0.6 is 0 Å². The van der Waals surface area contributed by atoms with Gasteiger partial charge in [0.05, 0.1) is 0 Å². The molecule has 0 unspecified atom stereocenters. The van der Waals surface area contributed by atoms with Crippen molar-refractivity contribution in [1.29, 1.82) is 0 Å². The van der Waals surface area contributed by atoms with Crippen molar-refractivity contribution in [2.24, 2.45) is 5.73 Å². The molecule has 0 fully saturated rings. The lowest BCUT2D eigenvalue weighted by Gasteiger charge is -2.16. The molecule has 5 nitrogen and oxygen atoms in total. The van der Waals surface area contributed by atoms with Gasteiger partial charge in [0, 0.05) is 25.2 Å². The molecule has 0 saturated heterocycles. The summed E-state index contributed by atoms with van der Waals surface area (Å²) < 4.78 is 5.20. The van der Waals surface area contributed by atoms with Crippen molar-refractivity contribution >= 4 is 22.7 Å². The fraction of sp³-hybridized carbons (Fsp3) is 0.333. The predicted molar refractivity (Wildman–Crippen MR) is 65.7 cm³/mol. The summed E-state index contributed by atoms with van der Waals surface area (Å²) in [4.78, 5) is 17.4. The summed E-state index contributed by atoms with van der Waals surface area (Å²) in [5.41, 5.74) is 7.65. The number of anilines is 1. The first kappa shape index (κ1) is 11.6. The number of amides is 1. The summed E-state index contributed by atoms with van der Waals surface area (Å²) in [6.07, 6.45) is 2.56. The smallest absolute Gasteiger partial charge is 0.226 e. The van der Waals surface area contributed by atoms with Gasteiger partial charge in [-0.3, -0.25) is 4.79 Å². The Hall–Kier alpha value is -1.88. The van der Waals surface area contributed by atoms with Crippen molar-refractivity contribution in [2.75, 3.05) is 18.5 Å². The molecule has 2 aromatic rings. The van der Waals surface area contributed by atoms with Gasteiger partial charge >= 0.3 is 0 Å². The monoisotopic (exact) mass is 233 g/mol. The van der Waals surface area contributed by atoms with Crippen LogP contribution in [0, 0.1) is 0 Å². The van der Waals surface area contributed by atoms with Crippen molar-refractivity contribution in [3.05, 3.63) is 24.6 Å². The molecule has 1 aromatic carbocycles. The molecule has 5 heteroatoms. The molecule has 0 aliphatic rings. The molecule has 2 N–H and O–H groups in total. The first-order valence-electron chi connectivity index (χ1n) is 5.52. The van der Waals surface area contributed by atoms with E-state index in [1.807, 2.05) is 18.2 Å². The molecular formula is C12H15N3O2. The van der Waals surface area contributed by atoms with E-state index in [1.165, 1.54) is 6.39 Å². The standard InChI is InChI=1S/C12H15N3O2/c1-15(12(16)3-2-6-13)9-4-5-10-11(7-9)17-8-14-10/h4-5,7-8H,2-3,6,13H2,1H3. The topological polar surface area (TPSA) is 72.4 Å². The zero-order valence-corrected chi connectivity index (χ0v) is 9.72. The highest BCUT2D eigenvalue weighted by Crippen LogP contribution is 2.21. The summed E-state index contributed by atoms with van der Waals surface area (Å²) >= 11 is 0. The molecule has 0 aliphatic carbocycles. The number of benzene rings is 1. The number of nitrogens with two attached hydrogens (primary N) is 1. The summed E-state index contributed by atoms with van der Waals surface area (Å²) in [5, 5.41) is 0. The number of rotatable bonds is 4. The highest BCUT2D eigenvalue weighted by Gasteiger charge is 2.11. The van der Waals surface area contributed by atoms with Crippen molar-refractivity contribution in [2.45, 2.75) is 12.8 Å². The van der Waals surface area contributed by atoms with Crippen molar-refractivity contribution in [1.82, 2.24) is 4.98 Å². The normalized spacial score (nSPS) is 10.7. The summed E-state index contributed by atoms with van der Waals surface area (Å²) in [5.74, 6) is 0.0503. The molecule has 0 bridgehead atoms. The van der Waals surface area contributed by atoms with Crippen molar-refractivity contribution in [3.63, 3.8) is 0 Å². The third-order valence-corrected chi connectivity index (χ3v) is 2.67. The molecular weight excluding hydrogens is 218 g/mol. The van der Waals surface area contributed by atoms with Crippen LogP contribution in [-0.2, 0) is 4.79 Å². The van der Waals surface area contributed by atoms with Crippen LogP contribution in [0.2, 0.25) is 0 Å². The van der Waals surface area contributed by atoms with Crippen LogP contribution in [0.4, 0.5) is 5.69 Å². The van der Waals surface area contributed by atoms with Gasteiger partial charge in [0.15, 0.2) is 12.0 Å². The summed E-state index contributed by atoms with van der Waals surface area (Å²) in [7, 11) is 1.75. The number of nitrogens with zero attached hydrogens (tertiary/aromatic N) is 2. The second-order valence-electron chi connectivity index (χ2n) is 3.85. The van der Waals surface area contributed by atoms with Gasteiger partial charge in [-0.15, -0.1) is 0 Å². The Kier molecular flexibility index (Phi) is 3.39. The van der Waals surface area contributed by atoms with E-state index in [4.69, 9.17) is 10.2 Å². The van der Waals surface area contributed by atoms with Gasteiger partial charge in [-0.2, -0.15) is 0 Å². The molecule has 0 atom stereocenters. The molecule has 17 heavy (non-hydrogen) atoms. The van der Waals surface area contributed by atoms with Crippen LogP contribution in [0.5, 0.6) is 0 Å². The number of fused-ring (bicyclic) bond motifs is 1. The van der Waals surface area contributed by atoms with E-state index >= 15 is 0 Å². The Morgan fingerprint density at radius 3 is 3.12 bits per heavy atom. The minimum Gasteiger partial charge on any atom is -0.443 e. The zero-order valence-electron chi connectivity index (χ0n) is 9.72. The van der Waals surface area contributed by atoms with Gasteiger partial charge in [0.25, 0.3) is 0 Å². The fourth-order valence-corrected chi connectivity index (χ4v) is 1.62. The highest BCUT2D eigenvalue weighted by molar-refractivity contribution is 5.94. The van der Waals surface area contributed by atoms with Gasteiger partial charge in [0.2, 0.25) is 5.91 Å². The molecule has 0 spiro atoms. The highest BCUT2D eigenvalue weighted by atomic mass is 16.3. The van der Waals surface area contributed by atoms with E-state index in [0.29, 0.717) is 25.0 Å². The molecule has 0 radical (unpaired) electrons. The molecule has 0 saturated carbocycles. The Bertz CT molecular complexity index is 521. The molecule has 0 aliphatic heterocycles. The first-order chi connectivity index (χ1) is 8.22. The second kappa shape index (κ2) is 4.97. The third-order valence-electron chi connectivity index (χ3n) is 2.67. The number of carbonyl (C=O) groups excluding carboxylic acids is 1. The first-order valence-corrected chi connectivity index (χ1v) is 5.52. The zero-order chi connectivity index (χ0) is 12.3. The van der Waals surface area contributed by atoms with Gasteiger partial charge in [0.1, 0.15) is 5.52 Å². The number of aromatic nitrogens is 1. The van der Waals surface area contributed by atoms with E-state index in [0.717, 1.165) is 11.2 Å². The van der Waals surface area contributed by atoms with Crippen molar-refractivity contribution < 1.29 is 9.21 Å². The molecule has 1 heterocycles. The van der Waals surface area contributed by atoms with E-state index in [-0.39, 0.29) is 5.91 Å². The molecule has 1 amide bonds. The maximum absolute atomic E-state index is 11.8. The lowest BCUT2D eigenvalue weighted by Crippen LogP contribution is -2.26. The summed E-state index contributed by atoms with van der Waals surface area (Å²) in [6, 6.07) is 5.49.